The van der Waals surface area contributed by atoms with E-state index in [2.05, 4.69) is 10.6 Å². The number of nitrogens with one attached hydrogen (secondary N) is 2. The van der Waals surface area contributed by atoms with Crippen LogP contribution in [0.3, 0.4) is 0 Å². The zero-order valence-corrected chi connectivity index (χ0v) is 22.0. The van der Waals surface area contributed by atoms with Gasteiger partial charge in [-0.2, -0.15) is 0 Å². The lowest BCUT2D eigenvalue weighted by atomic mass is 9.94. The van der Waals surface area contributed by atoms with Crippen LogP contribution >= 0.6 is 0 Å². The van der Waals surface area contributed by atoms with Crippen LogP contribution < -0.4 is 25.0 Å². The van der Waals surface area contributed by atoms with E-state index in [-0.39, 0.29) is 24.5 Å². The number of hydrogen-bond acceptors (Lipinski definition) is 5. The van der Waals surface area contributed by atoms with Gasteiger partial charge in [-0.15, -0.1) is 0 Å². The van der Waals surface area contributed by atoms with Gasteiger partial charge in [-0.1, -0.05) is 61.7 Å². The highest BCUT2D eigenvalue weighted by molar-refractivity contribution is 6.04. The molecule has 2 aliphatic rings. The van der Waals surface area contributed by atoms with Crippen molar-refractivity contribution >= 4 is 29.1 Å². The third-order valence-electron chi connectivity index (χ3n) is 7.06. The van der Waals surface area contributed by atoms with Crippen molar-refractivity contribution in [3.05, 3.63) is 84.4 Å². The number of hydrogen-bond donors (Lipinski definition) is 2. The standard InChI is InChI=1S/C31H33N3O5/c1-21(35)32-24-16-18-25(19-17-24)34(31(37)28-20-38-26-14-8-9-15-27(26)39-28)29(22-10-4-2-5-11-22)30(36)33-23-12-6-3-7-13-23/h2,4-5,8-11,14-19,23,28-29H,3,6-7,12-13,20H2,1H3,(H,32,35)(H,33,36). The molecule has 2 unspecified atom stereocenters. The van der Waals surface area contributed by atoms with E-state index in [1.54, 1.807) is 36.4 Å². The van der Waals surface area contributed by atoms with E-state index in [0.717, 1.165) is 25.7 Å². The van der Waals surface area contributed by atoms with Gasteiger partial charge in [0.1, 0.15) is 12.6 Å². The van der Waals surface area contributed by atoms with Crippen molar-refractivity contribution < 1.29 is 23.9 Å². The van der Waals surface area contributed by atoms with Gasteiger partial charge in [0, 0.05) is 24.3 Å². The van der Waals surface area contributed by atoms with Gasteiger partial charge >= 0.3 is 0 Å². The van der Waals surface area contributed by atoms with Gasteiger partial charge < -0.3 is 20.1 Å². The smallest absolute Gasteiger partial charge is 0.272 e. The van der Waals surface area contributed by atoms with Crippen molar-refractivity contribution in [1.29, 1.82) is 0 Å². The highest BCUT2D eigenvalue weighted by Crippen LogP contribution is 2.35. The van der Waals surface area contributed by atoms with Crippen LogP contribution in [0.15, 0.2) is 78.9 Å². The number of rotatable bonds is 7. The minimum Gasteiger partial charge on any atom is -0.485 e. The van der Waals surface area contributed by atoms with Gasteiger partial charge in [-0.25, -0.2) is 0 Å². The zero-order valence-electron chi connectivity index (χ0n) is 22.0. The molecule has 3 amide bonds. The van der Waals surface area contributed by atoms with Gasteiger partial charge in [-0.3, -0.25) is 19.3 Å². The summed E-state index contributed by atoms with van der Waals surface area (Å²) < 4.78 is 11.9. The highest BCUT2D eigenvalue weighted by Gasteiger charge is 2.39. The van der Waals surface area contributed by atoms with Crippen LogP contribution in [0.5, 0.6) is 11.5 Å². The molecule has 8 heteroatoms. The number of ether oxygens (including phenoxy) is 2. The summed E-state index contributed by atoms with van der Waals surface area (Å²) in [6.45, 7) is 1.45. The third-order valence-corrected chi connectivity index (χ3v) is 7.06. The maximum absolute atomic E-state index is 14.3. The van der Waals surface area contributed by atoms with Crippen LogP contribution in [0.2, 0.25) is 0 Å². The predicted octanol–water partition coefficient (Wildman–Crippen LogP) is 5.01. The summed E-state index contributed by atoms with van der Waals surface area (Å²) in [5.74, 6) is 0.207. The molecule has 1 fully saturated rings. The summed E-state index contributed by atoms with van der Waals surface area (Å²) >= 11 is 0. The molecule has 202 valence electrons. The monoisotopic (exact) mass is 527 g/mol. The van der Waals surface area contributed by atoms with E-state index in [0.29, 0.717) is 28.4 Å². The molecule has 1 saturated carbocycles. The second-order valence-electron chi connectivity index (χ2n) is 9.96. The Hall–Kier alpha value is -4.33. The number of benzene rings is 3. The number of fused-ring (bicyclic) bond motifs is 1. The summed E-state index contributed by atoms with van der Waals surface area (Å²) in [6.07, 6.45) is 4.19. The quantitative estimate of drug-likeness (QED) is 0.450. The third kappa shape index (κ3) is 6.22. The molecular weight excluding hydrogens is 494 g/mol. The summed E-state index contributed by atoms with van der Waals surface area (Å²) in [5, 5.41) is 5.96. The lowest BCUT2D eigenvalue weighted by molar-refractivity contribution is -0.132. The Morgan fingerprint density at radius 1 is 0.846 bits per heavy atom. The molecule has 2 N–H and O–H groups in total. The summed E-state index contributed by atoms with van der Waals surface area (Å²) in [4.78, 5) is 41.3. The number of amides is 3. The fraction of sp³-hybridized carbons (Fsp3) is 0.323. The molecule has 8 nitrogen and oxygen atoms in total. The molecule has 1 heterocycles. The largest absolute Gasteiger partial charge is 0.485 e. The van der Waals surface area contributed by atoms with Gasteiger partial charge in [0.2, 0.25) is 17.9 Å². The molecule has 1 aliphatic carbocycles. The topological polar surface area (TPSA) is 97.0 Å². The minimum atomic E-state index is -0.955. The average Bonchev–Trinajstić information content (AvgIpc) is 2.96. The van der Waals surface area contributed by atoms with E-state index < -0.39 is 18.1 Å². The first-order chi connectivity index (χ1) is 19.0. The fourth-order valence-corrected chi connectivity index (χ4v) is 5.19. The van der Waals surface area contributed by atoms with E-state index >= 15 is 0 Å². The van der Waals surface area contributed by atoms with E-state index in [1.807, 2.05) is 42.5 Å². The average molecular weight is 528 g/mol. The second kappa shape index (κ2) is 12.0. The summed E-state index contributed by atoms with van der Waals surface area (Å²) in [6, 6.07) is 22.5. The van der Waals surface area contributed by atoms with Gasteiger partial charge in [-0.05, 0) is 54.8 Å². The minimum absolute atomic E-state index is 0.0159. The van der Waals surface area contributed by atoms with Crippen molar-refractivity contribution in [2.24, 2.45) is 0 Å². The lowest BCUT2D eigenvalue weighted by Crippen LogP contribution is -2.52. The molecule has 0 saturated heterocycles. The maximum atomic E-state index is 14.3. The van der Waals surface area contributed by atoms with Crippen molar-refractivity contribution in [1.82, 2.24) is 5.32 Å². The Morgan fingerprint density at radius 3 is 2.21 bits per heavy atom. The van der Waals surface area contributed by atoms with Gasteiger partial charge in [0.05, 0.1) is 0 Å². The molecule has 0 radical (unpaired) electrons. The highest BCUT2D eigenvalue weighted by atomic mass is 16.6. The molecular formula is C31H33N3O5. The lowest BCUT2D eigenvalue weighted by Gasteiger charge is -2.36. The van der Waals surface area contributed by atoms with Crippen LogP contribution in [-0.2, 0) is 14.4 Å². The molecule has 0 spiro atoms. The number of nitrogens with zero attached hydrogens (tertiary/aromatic N) is 1. The Balaban J connectivity index is 1.53. The van der Waals surface area contributed by atoms with E-state index in [9.17, 15) is 14.4 Å². The number of anilines is 2. The molecule has 39 heavy (non-hydrogen) atoms. The van der Waals surface area contributed by atoms with Crippen LogP contribution in [0.1, 0.15) is 50.6 Å². The fourth-order valence-electron chi connectivity index (χ4n) is 5.19. The van der Waals surface area contributed by atoms with E-state index in [4.69, 9.17) is 9.47 Å². The molecule has 5 rings (SSSR count). The summed E-state index contributed by atoms with van der Waals surface area (Å²) in [5.41, 5.74) is 1.78. The number of carbonyl (C=O) groups excluding carboxylic acids is 3. The van der Waals surface area contributed by atoms with Gasteiger partial charge in [0.25, 0.3) is 5.91 Å². The number of carbonyl (C=O) groups is 3. The zero-order chi connectivity index (χ0) is 27.2. The first-order valence-electron chi connectivity index (χ1n) is 13.4. The van der Waals surface area contributed by atoms with Crippen molar-refractivity contribution in [3.63, 3.8) is 0 Å². The molecule has 1 aliphatic heterocycles. The Kier molecular flexibility index (Phi) is 8.10. The van der Waals surface area contributed by atoms with E-state index in [1.165, 1.54) is 18.2 Å². The first kappa shape index (κ1) is 26.3. The Labute approximate surface area is 228 Å². The number of para-hydroxylation sites is 2. The maximum Gasteiger partial charge on any atom is 0.272 e. The first-order valence-corrected chi connectivity index (χ1v) is 13.4. The SMILES string of the molecule is CC(=O)Nc1ccc(N(C(=O)C2COc3ccccc3O2)C(C(=O)NC2CCCCC2)c2ccccc2)cc1. The van der Waals surface area contributed by atoms with Gasteiger partial charge in [0.15, 0.2) is 11.5 Å². The molecule has 0 aromatic heterocycles. The van der Waals surface area contributed by atoms with Crippen molar-refractivity contribution in [2.75, 3.05) is 16.8 Å². The van der Waals surface area contributed by atoms with Crippen LogP contribution in [0.4, 0.5) is 11.4 Å². The molecule has 2 atom stereocenters. The van der Waals surface area contributed by atoms with Crippen molar-refractivity contribution in [2.45, 2.75) is 57.2 Å². The Morgan fingerprint density at radius 2 is 1.51 bits per heavy atom. The molecule has 0 bridgehead atoms. The van der Waals surface area contributed by atoms with Crippen molar-refractivity contribution in [3.8, 4) is 11.5 Å². The van der Waals surface area contributed by atoms with Crippen LogP contribution in [0, 0.1) is 0 Å². The second-order valence-corrected chi connectivity index (χ2v) is 9.96. The molecule has 3 aromatic rings. The normalized spacial score (nSPS) is 17.5. The Bertz CT molecular complexity index is 1310. The molecule has 3 aromatic carbocycles. The summed E-state index contributed by atoms with van der Waals surface area (Å²) in [7, 11) is 0. The van der Waals surface area contributed by atoms with Crippen LogP contribution in [-0.4, -0.2) is 36.5 Å². The van der Waals surface area contributed by atoms with Crippen LogP contribution in [0.25, 0.3) is 0 Å². The predicted molar refractivity (Wildman–Crippen MR) is 149 cm³/mol.